The van der Waals surface area contributed by atoms with Gasteiger partial charge in [-0.3, -0.25) is 4.79 Å². The molecule has 1 N–H and O–H groups in total. The van der Waals surface area contributed by atoms with Crippen LogP contribution in [0.15, 0.2) is 0 Å². The molecule has 1 atom stereocenters. The van der Waals surface area contributed by atoms with Gasteiger partial charge in [-0.1, -0.05) is 0 Å². The smallest absolute Gasteiger partial charge is 0.306 e. The molecule has 1 fully saturated rings. The molecule has 0 saturated heterocycles. The van der Waals surface area contributed by atoms with Crippen molar-refractivity contribution in [1.82, 2.24) is 5.32 Å². The van der Waals surface area contributed by atoms with Crippen LogP contribution < -0.4 is 5.32 Å². The Morgan fingerprint density at radius 1 is 1.37 bits per heavy atom. The standard InChI is InChI=1S/C12H23NO5S/c1-13-10(7-17-2)8-19(15,16)9-12(4-5-12)6-11(14)18-3/h10,13H,4-9H2,1-3H3. The van der Waals surface area contributed by atoms with E-state index in [4.69, 9.17) is 4.74 Å². The number of methoxy groups -OCH3 is 2. The zero-order valence-electron chi connectivity index (χ0n) is 11.8. The molecular formula is C12H23NO5S. The van der Waals surface area contributed by atoms with Crippen molar-refractivity contribution in [1.29, 1.82) is 0 Å². The van der Waals surface area contributed by atoms with E-state index in [1.54, 1.807) is 7.05 Å². The first-order valence-corrected chi connectivity index (χ1v) is 8.12. The van der Waals surface area contributed by atoms with Gasteiger partial charge in [0.05, 0.1) is 31.6 Å². The van der Waals surface area contributed by atoms with Crippen LogP contribution in [0.1, 0.15) is 19.3 Å². The molecule has 0 spiro atoms. The largest absolute Gasteiger partial charge is 0.469 e. The third-order valence-electron chi connectivity index (χ3n) is 3.46. The van der Waals surface area contributed by atoms with E-state index in [9.17, 15) is 13.2 Å². The minimum absolute atomic E-state index is 0.0280. The van der Waals surface area contributed by atoms with Crippen LogP contribution in [0.5, 0.6) is 0 Å². The highest BCUT2D eigenvalue weighted by atomic mass is 32.2. The first-order chi connectivity index (χ1) is 8.86. The summed E-state index contributed by atoms with van der Waals surface area (Å²) < 4.78 is 33.9. The molecule has 0 radical (unpaired) electrons. The Hall–Kier alpha value is -0.660. The van der Waals surface area contributed by atoms with Crippen molar-refractivity contribution < 1.29 is 22.7 Å². The van der Waals surface area contributed by atoms with E-state index in [2.05, 4.69) is 10.1 Å². The Labute approximate surface area is 114 Å². The van der Waals surface area contributed by atoms with Crippen LogP contribution in [-0.4, -0.2) is 59.8 Å². The Kier molecular flexibility index (Phi) is 5.76. The van der Waals surface area contributed by atoms with Crippen LogP contribution in [0.25, 0.3) is 0 Å². The first kappa shape index (κ1) is 16.4. The van der Waals surface area contributed by atoms with Crippen molar-refractivity contribution in [3.8, 4) is 0 Å². The molecule has 1 rings (SSSR count). The number of hydrogen-bond acceptors (Lipinski definition) is 6. The molecule has 6 nitrogen and oxygen atoms in total. The highest BCUT2D eigenvalue weighted by molar-refractivity contribution is 7.91. The number of carbonyl (C=O) groups excluding carboxylic acids is 1. The summed E-state index contributed by atoms with van der Waals surface area (Å²) in [5.74, 6) is -0.258. The lowest BCUT2D eigenvalue weighted by Gasteiger charge is -2.18. The van der Waals surface area contributed by atoms with Gasteiger partial charge in [-0.25, -0.2) is 8.42 Å². The van der Waals surface area contributed by atoms with Gasteiger partial charge in [-0.15, -0.1) is 0 Å². The van der Waals surface area contributed by atoms with E-state index in [1.807, 2.05) is 0 Å². The number of hydrogen-bond donors (Lipinski definition) is 1. The predicted molar refractivity (Wildman–Crippen MR) is 71.7 cm³/mol. The monoisotopic (exact) mass is 293 g/mol. The fourth-order valence-electron chi connectivity index (χ4n) is 2.18. The molecule has 1 aliphatic carbocycles. The van der Waals surface area contributed by atoms with Crippen molar-refractivity contribution in [3.63, 3.8) is 0 Å². The van der Waals surface area contributed by atoms with Gasteiger partial charge in [0, 0.05) is 13.2 Å². The summed E-state index contributed by atoms with van der Waals surface area (Å²) in [7, 11) is 1.35. The molecule has 0 heterocycles. The van der Waals surface area contributed by atoms with Gasteiger partial charge in [-0.2, -0.15) is 0 Å². The zero-order valence-corrected chi connectivity index (χ0v) is 12.6. The van der Waals surface area contributed by atoms with Gasteiger partial charge in [0.15, 0.2) is 9.84 Å². The summed E-state index contributed by atoms with van der Waals surface area (Å²) >= 11 is 0. The van der Waals surface area contributed by atoms with Gasteiger partial charge < -0.3 is 14.8 Å². The Bertz CT molecular complexity index is 402. The van der Waals surface area contributed by atoms with Crippen molar-refractivity contribution >= 4 is 15.8 Å². The van der Waals surface area contributed by atoms with Crippen LogP contribution in [-0.2, 0) is 24.1 Å². The van der Waals surface area contributed by atoms with Gasteiger partial charge >= 0.3 is 5.97 Å². The topological polar surface area (TPSA) is 81.7 Å². The minimum Gasteiger partial charge on any atom is -0.469 e. The molecule has 1 saturated carbocycles. The lowest BCUT2D eigenvalue weighted by atomic mass is 10.1. The molecule has 19 heavy (non-hydrogen) atoms. The summed E-state index contributed by atoms with van der Waals surface area (Å²) in [6.07, 6.45) is 1.74. The normalized spacial score (nSPS) is 18.9. The van der Waals surface area contributed by atoms with Crippen LogP contribution in [0.2, 0.25) is 0 Å². The molecule has 112 valence electrons. The minimum atomic E-state index is -3.21. The fourth-order valence-corrected chi connectivity index (χ4v) is 4.49. The van der Waals surface area contributed by atoms with Gasteiger partial charge in [0.25, 0.3) is 0 Å². The maximum atomic E-state index is 12.2. The molecule has 0 aliphatic heterocycles. The summed E-state index contributed by atoms with van der Waals surface area (Å²) in [5.41, 5.74) is -0.392. The highest BCUT2D eigenvalue weighted by Gasteiger charge is 2.48. The van der Waals surface area contributed by atoms with Crippen LogP contribution in [0, 0.1) is 5.41 Å². The molecule has 0 bridgehead atoms. The quantitative estimate of drug-likeness (QED) is 0.602. The average Bonchev–Trinajstić information content (AvgIpc) is 3.06. The highest BCUT2D eigenvalue weighted by Crippen LogP contribution is 2.50. The molecule has 0 aromatic heterocycles. The lowest BCUT2D eigenvalue weighted by Crippen LogP contribution is -2.38. The maximum absolute atomic E-state index is 12.2. The molecule has 0 amide bonds. The molecule has 0 aromatic carbocycles. The fraction of sp³-hybridized carbons (Fsp3) is 0.917. The number of ether oxygens (including phenoxy) is 2. The number of rotatable bonds is 9. The van der Waals surface area contributed by atoms with Crippen molar-refractivity contribution in [2.24, 2.45) is 5.41 Å². The summed E-state index contributed by atoms with van der Waals surface area (Å²) in [5, 5.41) is 2.92. The number of likely N-dealkylation sites (N-methyl/N-ethyl adjacent to an activating group) is 1. The first-order valence-electron chi connectivity index (χ1n) is 6.30. The molecule has 0 aromatic rings. The van der Waals surface area contributed by atoms with E-state index in [1.165, 1.54) is 14.2 Å². The second-order valence-electron chi connectivity index (χ2n) is 5.25. The summed E-state index contributed by atoms with van der Waals surface area (Å²) in [4.78, 5) is 11.3. The molecule has 7 heteroatoms. The van der Waals surface area contributed by atoms with E-state index < -0.39 is 15.3 Å². The number of esters is 1. The van der Waals surface area contributed by atoms with E-state index in [-0.39, 0.29) is 29.9 Å². The second-order valence-corrected chi connectivity index (χ2v) is 7.36. The van der Waals surface area contributed by atoms with Crippen LogP contribution in [0.4, 0.5) is 0 Å². The Balaban J connectivity index is 2.57. The molecule has 1 aliphatic rings. The Morgan fingerprint density at radius 3 is 2.42 bits per heavy atom. The van der Waals surface area contributed by atoms with Crippen LogP contribution >= 0.6 is 0 Å². The van der Waals surface area contributed by atoms with E-state index >= 15 is 0 Å². The SMILES string of the molecule is CNC(COC)CS(=O)(=O)CC1(CC(=O)OC)CC1. The number of nitrogens with one attached hydrogen (secondary N) is 1. The lowest BCUT2D eigenvalue weighted by molar-refractivity contribution is -0.141. The number of sulfone groups is 1. The summed E-state index contributed by atoms with van der Waals surface area (Å²) in [6.45, 7) is 0.347. The van der Waals surface area contributed by atoms with Gasteiger partial charge in [0.2, 0.25) is 0 Å². The van der Waals surface area contributed by atoms with Crippen LogP contribution in [0.3, 0.4) is 0 Å². The van der Waals surface area contributed by atoms with E-state index in [0.717, 1.165) is 12.8 Å². The van der Waals surface area contributed by atoms with Gasteiger partial charge in [0.1, 0.15) is 0 Å². The molecule has 1 unspecified atom stereocenters. The van der Waals surface area contributed by atoms with E-state index in [0.29, 0.717) is 6.61 Å². The van der Waals surface area contributed by atoms with Gasteiger partial charge in [-0.05, 0) is 25.3 Å². The Morgan fingerprint density at radius 2 is 2.00 bits per heavy atom. The third-order valence-corrected chi connectivity index (χ3v) is 5.42. The third kappa shape index (κ3) is 5.46. The number of carbonyl (C=O) groups is 1. The summed E-state index contributed by atoms with van der Waals surface area (Å²) in [6, 6.07) is -0.219. The predicted octanol–water partition coefficient (Wildman–Crippen LogP) is -0.0211. The molecular weight excluding hydrogens is 270 g/mol. The average molecular weight is 293 g/mol. The second kappa shape index (κ2) is 6.67. The van der Waals surface area contributed by atoms with Crippen molar-refractivity contribution in [2.75, 3.05) is 39.4 Å². The van der Waals surface area contributed by atoms with Crippen molar-refractivity contribution in [2.45, 2.75) is 25.3 Å². The zero-order chi connectivity index (χ0) is 14.5. The maximum Gasteiger partial charge on any atom is 0.306 e. The van der Waals surface area contributed by atoms with Crippen molar-refractivity contribution in [3.05, 3.63) is 0 Å².